The highest BCUT2D eigenvalue weighted by Gasteiger charge is 2.24. The highest BCUT2D eigenvalue weighted by atomic mass is 127. The van der Waals surface area contributed by atoms with Crippen LogP contribution >= 0.6 is 22.6 Å². The molecule has 98 valence electrons. The van der Waals surface area contributed by atoms with Crippen molar-refractivity contribution >= 4 is 28.5 Å². The van der Waals surface area contributed by atoms with Gasteiger partial charge < -0.3 is 10.2 Å². The summed E-state index contributed by atoms with van der Waals surface area (Å²) in [5, 5.41) is 3.20. The lowest BCUT2D eigenvalue weighted by Gasteiger charge is -2.32. The molecule has 1 aromatic rings. The molecule has 2 rings (SSSR count). The van der Waals surface area contributed by atoms with Crippen LogP contribution in [-0.2, 0) is 0 Å². The summed E-state index contributed by atoms with van der Waals surface area (Å²) in [5.41, 5.74) is -0.0603. The summed E-state index contributed by atoms with van der Waals surface area (Å²) in [6.07, 6.45) is 0. The van der Waals surface area contributed by atoms with Crippen LogP contribution in [0.3, 0.4) is 0 Å². The number of rotatable bonds is 1. The summed E-state index contributed by atoms with van der Waals surface area (Å²) < 4.78 is 27.0. The molecule has 1 aromatic carbocycles. The van der Waals surface area contributed by atoms with E-state index in [1.165, 1.54) is 6.07 Å². The van der Waals surface area contributed by atoms with E-state index in [4.69, 9.17) is 0 Å². The van der Waals surface area contributed by atoms with Crippen molar-refractivity contribution in [2.75, 3.05) is 19.6 Å². The van der Waals surface area contributed by atoms with E-state index < -0.39 is 11.6 Å². The molecule has 1 atom stereocenters. The van der Waals surface area contributed by atoms with Crippen LogP contribution in [0.15, 0.2) is 12.1 Å². The van der Waals surface area contributed by atoms with E-state index in [1.807, 2.05) is 6.92 Å². The molecule has 1 aliphatic heterocycles. The Bertz CT molecular complexity index is 481. The molecule has 1 N–H and O–H groups in total. The van der Waals surface area contributed by atoms with Gasteiger partial charge in [-0.1, -0.05) is 0 Å². The smallest absolute Gasteiger partial charge is 0.256 e. The first-order valence-corrected chi connectivity index (χ1v) is 6.74. The van der Waals surface area contributed by atoms with E-state index in [1.54, 1.807) is 27.5 Å². The van der Waals surface area contributed by atoms with Crippen molar-refractivity contribution in [2.24, 2.45) is 0 Å². The standard InChI is InChI=1S/C12H13F2IN2O/c1-7-6-17(3-2-16-7)12(18)8-4-11(15)10(14)5-9(8)13/h4-5,7,16H,2-3,6H2,1H3. The summed E-state index contributed by atoms with van der Waals surface area (Å²) in [4.78, 5) is 13.8. The first-order chi connectivity index (χ1) is 8.49. The minimum Gasteiger partial charge on any atom is -0.336 e. The van der Waals surface area contributed by atoms with Gasteiger partial charge in [0, 0.05) is 35.3 Å². The predicted molar refractivity (Wildman–Crippen MR) is 72.4 cm³/mol. The zero-order valence-electron chi connectivity index (χ0n) is 9.84. The van der Waals surface area contributed by atoms with Gasteiger partial charge >= 0.3 is 0 Å². The first-order valence-electron chi connectivity index (χ1n) is 5.66. The van der Waals surface area contributed by atoms with Crippen LogP contribution in [0.1, 0.15) is 17.3 Å². The Hall–Kier alpha value is -0.760. The van der Waals surface area contributed by atoms with E-state index in [0.29, 0.717) is 19.6 Å². The number of hydrogen-bond acceptors (Lipinski definition) is 2. The van der Waals surface area contributed by atoms with Crippen LogP contribution in [0.25, 0.3) is 0 Å². The molecule has 0 spiro atoms. The third-order valence-corrected chi connectivity index (χ3v) is 3.72. The molecule has 1 aliphatic rings. The van der Waals surface area contributed by atoms with E-state index in [-0.39, 0.29) is 21.1 Å². The third-order valence-electron chi connectivity index (χ3n) is 2.90. The van der Waals surface area contributed by atoms with Crippen LogP contribution in [0.4, 0.5) is 8.78 Å². The monoisotopic (exact) mass is 366 g/mol. The minimum atomic E-state index is -0.802. The second-order valence-corrected chi connectivity index (χ2v) is 5.51. The van der Waals surface area contributed by atoms with Gasteiger partial charge in [-0.2, -0.15) is 0 Å². The molecule has 1 unspecified atom stereocenters. The third kappa shape index (κ3) is 2.80. The number of nitrogens with zero attached hydrogens (tertiary/aromatic N) is 1. The lowest BCUT2D eigenvalue weighted by molar-refractivity contribution is 0.0704. The van der Waals surface area contributed by atoms with Gasteiger partial charge in [-0.25, -0.2) is 8.78 Å². The Morgan fingerprint density at radius 1 is 1.44 bits per heavy atom. The molecule has 1 saturated heterocycles. The highest BCUT2D eigenvalue weighted by molar-refractivity contribution is 14.1. The maximum Gasteiger partial charge on any atom is 0.256 e. The summed E-state index contributed by atoms with van der Waals surface area (Å²) in [6.45, 7) is 3.72. The Morgan fingerprint density at radius 3 is 2.83 bits per heavy atom. The quantitative estimate of drug-likeness (QED) is 0.609. The molecule has 1 heterocycles. The first kappa shape index (κ1) is 13.7. The van der Waals surface area contributed by atoms with Crippen LogP contribution in [0.5, 0.6) is 0 Å². The van der Waals surface area contributed by atoms with Crippen molar-refractivity contribution in [3.8, 4) is 0 Å². The van der Waals surface area contributed by atoms with Gasteiger partial charge in [0.2, 0.25) is 0 Å². The number of carbonyl (C=O) groups excluding carboxylic acids is 1. The Balaban J connectivity index is 2.25. The average Bonchev–Trinajstić information content (AvgIpc) is 2.33. The fourth-order valence-corrected chi connectivity index (χ4v) is 2.44. The molecule has 0 radical (unpaired) electrons. The summed E-state index contributed by atoms with van der Waals surface area (Å²) in [5.74, 6) is -1.82. The largest absolute Gasteiger partial charge is 0.336 e. The van der Waals surface area contributed by atoms with Crippen molar-refractivity contribution in [3.63, 3.8) is 0 Å². The lowest BCUT2D eigenvalue weighted by atomic mass is 10.1. The van der Waals surface area contributed by atoms with Crippen molar-refractivity contribution in [1.82, 2.24) is 10.2 Å². The minimum absolute atomic E-state index is 0.0603. The van der Waals surface area contributed by atoms with Gasteiger partial charge in [0.1, 0.15) is 11.6 Å². The maximum atomic E-state index is 13.6. The van der Waals surface area contributed by atoms with E-state index in [0.717, 1.165) is 6.07 Å². The van der Waals surface area contributed by atoms with Crippen molar-refractivity contribution in [3.05, 3.63) is 32.9 Å². The Labute approximate surface area is 118 Å². The molecule has 0 aliphatic carbocycles. The van der Waals surface area contributed by atoms with Crippen molar-refractivity contribution < 1.29 is 13.6 Å². The molecule has 6 heteroatoms. The van der Waals surface area contributed by atoms with E-state index >= 15 is 0 Å². The number of carbonyl (C=O) groups is 1. The van der Waals surface area contributed by atoms with Crippen LogP contribution in [0.2, 0.25) is 0 Å². The molecule has 1 amide bonds. The van der Waals surface area contributed by atoms with Gasteiger partial charge in [0.25, 0.3) is 5.91 Å². The van der Waals surface area contributed by atoms with E-state index in [2.05, 4.69) is 5.32 Å². The number of nitrogens with one attached hydrogen (secondary N) is 1. The van der Waals surface area contributed by atoms with Gasteiger partial charge in [-0.3, -0.25) is 4.79 Å². The normalized spacial score (nSPS) is 20.0. The molecule has 1 fully saturated rings. The number of benzene rings is 1. The van der Waals surface area contributed by atoms with Crippen molar-refractivity contribution in [1.29, 1.82) is 0 Å². The maximum absolute atomic E-state index is 13.6. The van der Waals surface area contributed by atoms with Gasteiger partial charge in [0.05, 0.1) is 5.56 Å². The Morgan fingerprint density at radius 2 is 2.17 bits per heavy atom. The molecule has 3 nitrogen and oxygen atoms in total. The summed E-state index contributed by atoms with van der Waals surface area (Å²) in [7, 11) is 0. The summed E-state index contributed by atoms with van der Waals surface area (Å²) >= 11 is 1.75. The average molecular weight is 366 g/mol. The van der Waals surface area contributed by atoms with Gasteiger partial charge in [-0.15, -0.1) is 0 Å². The molecule has 18 heavy (non-hydrogen) atoms. The summed E-state index contributed by atoms with van der Waals surface area (Å²) in [6, 6.07) is 2.21. The number of halogens is 3. The lowest BCUT2D eigenvalue weighted by Crippen LogP contribution is -2.51. The van der Waals surface area contributed by atoms with Crippen molar-refractivity contribution in [2.45, 2.75) is 13.0 Å². The van der Waals surface area contributed by atoms with Gasteiger partial charge in [0.15, 0.2) is 0 Å². The fraction of sp³-hybridized carbons (Fsp3) is 0.417. The molecular weight excluding hydrogens is 353 g/mol. The van der Waals surface area contributed by atoms with Gasteiger partial charge in [-0.05, 0) is 35.6 Å². The molecular formula is C12H13F2IN2O. The highest BCUT2D eigenvalue weighted by Crippen LogP contribution is 2.19. The van der Waals surface area contributed by atoms with Crippen LogP contribution < -0.4 is 5.32 Å². The Kier molecular flexibility index (Phi) is 4.16. The SMILES string of the molecule is CC1CN(C(=O)c2cc(I)c(F)cc2F)CCN1. The zero-order chi connectivity index (χ0) is 13.3. The fourth-order valence-electron chi connectivity index (χ4n) is 1.97. The number of hydrogen-bond donors (Lipinski definition) is 1. The number of piperazine rings is 1. The van der Waals surface area contributed by atoms with Crippen LogP contribution in [0, 0.1) is 15.2 Å². The topological polar surface area (TPSA) is 32.3 Å². The zero-order valence-corrected chi connectivity index (χ0v) is 12.0. The second kappa shape index (κ2) is 5.48. The molecule has 0 bridgehead atoms. The molecule has 0 saturated carbocycles. The van der Waals surface area contributed by atoms with E-state index in [9.17, 15) is 13.6 Å². The van der Waals surface area contributed by atoms with Crippen LogP contribution in [-0.4, -0.2) is 36.5 Å². The number of amides is 1. The predicted octanol–water partition coefficient (Wildman–Crippen LogP) is 2.00. The second-order valence-electron chi connectivity index (χ2n) is 4.35. The molecule has 0 aromatic heterocycles.